The number of carbonyl (C=O) groups excluding carboxylic acids is 1. The average molecular weight is 283 g/mol. The summed E-state index contributed by atoms with van der Waals surface area (Å²) in [5.74, 6) is 4.63. The van der Waals surface area contributed by atoms with Crippen molar-refractivity contribution in [1.29, 1.82) is 0 Å². The summed E-state index contributed by atoms with van der Waals surface area (Å²) < 4.78 is 13.3. The van der Waals surface area contributed by atoms with Crippen molar-refractivity contribution in [1.82, 2.24) is 4.98 Å². The van der Waals surface area contributed by atoms with Gasteiger partial charge in [0.2, 0.25) is 0 Å². The molecule has 0 aliphatic carbocycles. The molecule has 2 aromatic rings. The zero-order chi connectivity index (χ0) is 15.2. The second kappa shape index (κ2) is 6.64. The molecule has 1 amide bonds. The van der Waals surface area contributed by atoms with Crippen LogP contribution in [0.25, 0.3) is 0 Å². The molecule has 0 bridgehead atoms. The first kappa shape index (κ1) is 14.7. The third-order valence-corrected chi connectivity index (χ3v) is 2.69. The highest BCUT2D eigenvalue weighted by Gasteiger charge is 2.09. The van der Waals surface area contributed by atoms with E-state index in [2.05, 4.69) is 22.1 Å². The van der Waals surface area contributed by atoms with Gasteiger partial charge in [0.05, 0.1) is 23.4 Å². The van der Waals surface area contributed by atoms with Crippen molar-refractivity contribution in [2.45, 2.75) is 6.92 Å². The summed E-state index contributed by atoms with van der Waals surface area (Å²) in [7, 11) is 0. The van der Waals surface area contributed by atoms with Crippen molar-refractivity contribution in [3.8, 4) is 11.8 Å². The Morgan fingerprint density at radius 3 is 2.90 bits per heavy atom. The number of nitrogens with two attached hydrogens (primary N) is 1. The van der Waals surface area contributed by atoms with Gasteiger partial charge in [-0.05, 0) is 36.8 Å². The third kappa shape index (κ3) is 3.88. The predicted molar refractivity (Wildman–Crippen MR) is 79.3 cm³/mol. The number of aryl methyl sites for hydroxylation is 1. The van der Waals surface area contributed by atoms with E-state index in [9.17, 15) is 9.18 Å². The highest BCUT2D eigenvalue weighted by atomic mass is 19.1. The number of hydrogen-bond donors (Lipinski definition) is 2. The molecule has 106 valence electrons. The Bertz CT molecular complexity index is 732. The number of carbonyl (C=O) groups is 1. The van der Waals surface area contributed by atoms with Gasteiger partial charge in [0.15, 0.2) is 0 Å². The number of rotatable bonds is 2. The summed E-state index contributed by atoms with van der Waals surface area (Å²) in [6.45, 7) is 2.01. The standard InChI is InChI=1S/C16H14FN3O/c1-11-7-13(10-19-9-11)16(21)20-15-5-4-14(17)8-12(15)3-2-6-18/h4-5,7-10H,6,18H2,1H3,(H,20,21). The largest absolute Gasteiger partial charge is 0.321 e. The minimum Gasteiger partial charge on any atom is -0.321 e. The molecule has 2 rings (SSSR count). The van der Waals surface area contributed by atoms with E-state index in [1.54, 1.807) is 12.3 Å². The van der Waals surface area contributed by atoms with Crippen LogP contribution in [-0.2, 0) is 0 Å². The molecule has 3 N–H and O–H groups in total. The van der Waals surface area contributed by atoms with Crippen molar-refractivity contribution < 1.29 is 9.18 Å². The number of benzene rings is 1. The number of hydrogen-bond acceptors (Lipinski definition) is 3. The zero-order valence-electron chi connectivity index (χ0n) is 11.5. The minimum atomic E-state index is -0.424. The Kier molecular flexibility index (Phi) is 4.64. The highest BCUT2D eigenvalue weighted by Crippen LogP contribution is 2.17. The van der Waals surface area contributed by atoms with Gasteiger partial charge >= 0.3 is 0 Å². The van der Waals surface area contributed by atoms with Crippen molar-refractivity contribution in [3.63, 3.8) is 0 Å². The van der Waals surface area contributed by atoms with Crippen LogP contribution in [0.1, 0.15) is 21.5 Å². The van der Waals surface area contributed by atoms with Crippen LogP contribution in [0.15, 0.2) is 36.7 Å². The summed E-state index contributed by atoms with van der Waals surface area (Å²) in [6, 6.07) is 5.71. The van der Waals surface area contributed by atoms with Crippen LogP contribution in [0.3, 0.4) is 0 Å². The van der Waals surface area contributed by atoms with Gasteiger partial charge in [0, 0.05) is 12.4 Å². The molecule has 0 fully saturated rings. The van der Waals surface area contributed by atoms with Gasteiger partial charge in [-0.3, -0.25) is 9.78 Å². The van der Waals surface area contributed by atoms with Crippen molar-refractivity contribution in [2.24, 2.45) is 5.73 Å². The molecule has 4 nitrogen and oxygen atoms in total. The van der Waals surface area contributed by atoms with Crippen LogP contribution in [0.2, 0.25) is 0 Å². The number of nitrogens with zero attached hydrogens (tertiary/aromatic N) is 1. The number of anilines is 1. The van der Waals surface area contributed by atoms with E-state index in [0.717, 1.165) is 5.56 Å². The first-order chi connectivity index (χ1) is 10.1. The van der Waals surface area contributed by atoms with E-state index in [1.165, 1.54) is 24.4 Å². The Labute approximate surface area is 122 Å². The lowest BCUT2D eigenvalue weighted by Gasteiger charge is -2.08. The van der Waals surface area contributed by atoms with E-state index in [1.807, 2.05) is 6.92 Å². The fourth-order valence-corrected chi connectivity index (χ4v) is 1.75. The molecular weight excluding hydrogens is 269 g/mol. The predicted octanol–water partition coefficient (Wildman–Crippen LogP) is 2.09. The highest BCUT2D eigenvalue weighted by molar-refractivity contribution is 6.04. The van der Waals surface area contributed by atoms with Crippen LogP contribution in [0, 0.1) is 24.6 Å². The Morgan fingerprint density at radius 2 is 2.19 bits per heavy atom. The Morgan fingerprint density at radius 1 is 1.38 bits per heavy atom. The number of pyridine rings is 1. The first-order valence-electron chi connectivity index (χ1n) is 6.31. The second-order valence-electron chi connectivity index (χ2n) is 4.40. The average Bonchev–Trinajstić information content (AvgIpc) is 2.47. The molecule has 1 aromatic heterocycles. The first-order valence-corrected chi connectivity index (χ1v) is 6.31. The summed E-state index contributed by atoms with van der Waals surface area (Å²) >= 11 is 0. The molecule has 0 saturated carbocycles. The van der Waals surface area contributed by atoms with E-state index >= 15 is 0 Å². The lowest BCUT2D eigenvalue weighted by atomic mass is 10.1. The van der Waals surface area contributed by atoms with E-state index in [-0.39, 0.29) is 12.5 Å². The van der Waals surface area contributed by atoms with Crippen LogP contribution in [0.4, 0.5) is 10.1 Å². The minimum absolute atomic E-state index is 0.158. The van der Waals surface area contributed by atoms with Gasteiger partial charge in [0.25, 0.3) is 5.91 Å². The molecule has 0 unspecified atom stereocenters. The van der Waals surface area contributed by atoms with Crippen LogP contribution in [0.5, 0.6) is 0 Å². The molecule has 0 aliphatic rings. The van der Waals surface area contributed by atoms with E-state index in [4.69, 9.17) is 5.73 Å². The summed E-state index contributed by atoms with van der Waals surface area (Å²) in [4.78, 5) is 16.1. The molecule has 1 heterocycles. The summed E-state index contributed by atoms with van der Waals surface area (Å²) in [6.07, 6.45) is 3.13. The van der Waals surface area contributed by atoms with Gasteiger partial charge in [-0.1, -0.05) is 11.8 Å². The van der Waals surface area contributed by atoms with Gasteiger partial charge in [-0.15, -0.1) is 0 Å². The number of amides is 1. The normalized spacial score (nSPS) is 9.67. The van der Waals surface area contributed by atoms with Crippen molar-refractivity contribution in [2.75, 3.05) is 11.9 Å². The molecule has 1 aromatic carbocycles. The van der Waals surface area contributed by atoms with Crippen molar-refractivity contribution >= 4 is 11.6 Å². The second-order valence-corrected chi connectivity index (χ2v) is 4.40. The van der Waals surface area contributed by atoms with Crippen molar-refractivity contribution in [3.05, 3.63) is 59.2 Å². The van der Waals surface area contributed by atoms with Crippen LogP contribution in [-0.4, -0.2) is 17.4 Å². The molecular formula is C16H14FN3O. The molecule has 21 heavy (non-hydrogen) atoms. The van der Waals surface area contributed by atoms with E-state index in [0.29, 0.717) is 16.8 Å². The monoisotopic (exact) mass is 283 g/mol. The zero-order valence-corrected chi connectivity index (χ0v) is 11.5. The van der Waals surface area contributed by atoms with Gasteiger partial charge in [0.1, 0.15) is 5.82 Å². The smallest absolute Gasteiger partial charge is 0.257 e. The van der Waals surface area contributed by atoms with Crippen LogP contribution >= 0.6 is 0 Å². The molecule has 0 spiro atoms. The lowest BCUT2D eigenvalue weighted by molar-refractivity contribution is 0.102. The van der Waals surface area contributed by atoms with E-state index < -0.39 is 5.82 Å². The fraction of sp³-hybridized carbons (Fsp3) is 0.125. The maximum atomic E-state index is 13.3. The molecule has 0 radical (unpaired) electrons. The fourth-order valence-electron chi connectivity index (χ4n) is 1.75. The van der Waals surface area contributed by atoms with Gasteiger partial charge in [-0.2, -0.15) is 0 Å². The molecule has 0 atom stereocenters. The van der Waals surface area contributed by atoms with Crippen LogP contribution < -0.4 is 11.1 Å². The number of aromatic nitrogens is 1. The number of halogens is 1. The summed E-state index contributed by atoms with van der Waals surface area (Å²) in [5.41, 5.74) is 7.44. The Hall–Kier alpha value is -2.71. The molecule has 0 saturated heterocycles. The molecule has 0 aliphatic heterocycles. The summed E-state index contributed by atoms with van der Waals surface area (Å²) in [5, 5.41) is 2.70. The molecule has 5 heteroatoms. The maximum Gasteiger partial charge on any atom is 0.257 e. The number of nitrogens with one attached hydrogen (secondary N) is 1. The topological polar surface area (TPSA) is 68.0 Å². The third-order valence-electron chi connectivity index (χ3n) is 2.69. The lowest BCUT2D eigenvalue weighted by Crippen LogP contribution is -2.13. The quantitative estimate of drug-likeness (QED) is 0.829. The SMILES string of the molecule is Cc1cncc(C(=O)Nc2ccc(F)cc2C#CCN)c1. The van der Waals surface area contributed by atoms with Gasteiger partial charge < -0.3 is 11.1 Å². The maximum absolute atomic E-state index is 13.3. The Balaban J connectivity index is 2.29. The van der Waals surface area contributed by atoms with Gasteiger partial charge in [-0.25, -0.2) is 4.39 Å².